The highest BCUT2D eigenvalue weighted by molar-refractivity contribution is 6.35. The predicted octanol–water partition coefficient (Wildman–Crippen LogP) is 5.82. The monoisotopic (exact) mass is 502 g/mol. The van der Waals surface area contributed by atoms with Gasteiger partial charge in [0.1, 0.15) is 11.8 Å². The number of halogens is 3. The number of hydrogen-bond donors (Lipinski definition) is 2. The van der Waals surface area contributed by atoms with Crippen LogP contribution in [0.2, 0.25) is 15.1 Å². The molecule has 33 heavy (non-hydrogen) atoms. The molecule has 2 heterocycles. The van der Waals surface area contributed by atoms with Crippen molar-refractivity contribution >= 4 is 46.6 Å². The van der Waals surface area contributed by atoms with Crippen molar-refractivity contribution in [3.63, 3.8) is 0 Å². The molecule has 1 aromatic heterocycles. The number of furan rings is 1. The third kappa shape index (κ3) is 3.92. The molecule has 0 bridgehead atoms. The van der Waals surface area contributed by atoms with E-state index in [1.807, 2.05) is 36.4 Å². The van der Waals surface area contributed by atoms with Gasteiger partial charge in [-0.05, 0) is 66.1 Å². The van der Waals surface area contributed by atoms with Crippen molar-refractivity contribution in [2.24, 2.45) is 5.92 Å². The molecule has 5 rings (SSSR count). The molecule has 2 amide bonds. The van der Waals surface area contributed by atoms with Gasteiger partial charge in [0.2, 0.25) is 5.91 Å². The van der Waals surface area contributed by atoms with Gasteiger partial charge >= 0.3 is 0 Å². The Hall–Kier alpha value is -2.47. The molecule has 2 fully saturated rings. The average molecular weight is 504 g/mol. The van der Waals surface area contributed by atoms with Crippen molar-refractivity contribution < 1.29 is 14.0 Å². The molecule has 8 heteroatoms. The van der Waals surface area contributed by atoms with Gasteiger partial charge in [-0.15, -0.1) is 0 Å². The van der Waals surface area contributed by atoms with Gasteiger partial charge in [0, 0.05) is 27.5 Å². The lowest BCUT2D eigenvalue weighted by molar-refractivity contribution is -0.126. The third-order valence-electron chi connectivity index (χ3n) is 6.97. The molecular weight excluding hydrogens is 483 g/mol. The summed E-state index contributed by atoms with van der Waals surface area (Å²) in [7, 11) is 0. The van der Waals surface area contributed by atoms with Crippen molar-refractivity contribution in [3.05, 3.63) is 92.8 Å². The SMILES string of the molecule is O=C(N[C@@]12CC[C@@H](c3ccc(Cl)cc3Cl)[C@H](c3ccc(Cl)cc3)[C@@H]1CNC2=O)c1ccoc1. The van der Waals surface area contributed by atoms with Crippen molar-refractivity contribution in [2.75, 3.05) is 6.54 Å². The summed E-state index contributed by atoms with van der Waals surface area (Å²) in [6, 6.07) is 14.8. The third-order valence-corrected chi connectivity index (χ3v) is 7.79. The minimum atomic E-state index is -1.03. The van der Waals surface area contributed by atoms with E-state index >= 15 is 0 Å². The summed E-state index contributed by atoms with van der Waals surface area (Å²) in [5.41, 5.74) is 1.37. The van der Waals surface area contributed by atoms with Gasteiger partial charge in [-0.25, -0.2) is 0 Å². The number of carbonyl (C=O) groups excluding carboxylic acids is 2. The van der Waals surface area contributed by atoms with Crippen LogP contribution in [0.25, 0.3) is 0 Å². The van der Waals surface area contributed by atoms with Crippen molar-refractivity contribution in [1.82, 2.24) is 10.6 Å². The Morgan fingerprint density at radius 3 is 2.52 bits per heavy atom. The van der Waals surface area contributed by atoms with Crippen LogP contribution in [-0.2, 0) is 4.79 Å². The van der Waals surface area contributed by atoms with Crippen molar-refractivity contribution in [1.29, 1.82) is 0 Å². The highest BCUT2D eigenvalue weighted by Gasteiger charge is 2.58. The Morgan fingerprint density at radius 1 is 1.06 bits per heavy atom. The van der Waals surface area contributed by atoms with E-state index in [1.165, 1.54) is 12.5 Å². The van der Waals surface area contributed by atoms with Gasteiger partial charge in [0.25, 0.3) is 5.91 Å². The number of benzene rings is 2. The van der Waals surface area contributed by atoms with E-state index in [0.29, 0.717) is 40.0 Å². The van der Waals surface area contributed by atoms with Gasteiger partial charge in [0.05, 0.1) is 11.8 Å². The van der Waals surface area contributed by atoms with Crippen LogP contribution in [0.3, 0.4) is 0 Å². The zero-order valence-corrected chi connectivity index (χ0v) is 19.8. The minimum absolute atomic E-state index is 0.0348. The van der Waals surface area contributed by atoms with Crippen LogP contribution >= 0.6 is 34.8 Å². The normalized spacial score (nSPS) is 26.5. The molecule has 2 aromatic carbocycles. The topological polar surface area (TPSA) is 71.3 Å². The highest BCUT2D eigenvalue weighted by atomic mass is 35.5. The van der Waals surface area contributed by atoms with E-state index < -0.39 is 5.54 Å². The molecule has 5 nitrogen and oxygen atoms in total. The Bertz CT molecular complexity index is 1200. The summed E-state index contributed by atoms with van der Waals surface area (Å²) in [6.07, 6.45) is 3.96. The van der Waals surface area contributed by atoms with Crippen molar-refractivity contribution in [2.45, 2.75) is 30.2 Å². The Kier molecular flexibility index (Phi) is 5.89. The summed E-state index contributed by atoms with van der Waals surface area (Å²) in [5, 5.41) is 7.87. The van der Waals surface area contributed by atoms with E-state index in [9.17, 15) is 9.59 Å². The largest absolute Gasteiger partial charge is 0.472 e. The second-order valence-electron chi connectivity index (χ2n) is 8.64. The molecule has 170 valence electrons. The molecule has 1 saturated heterocycles. The van der Waals surface area contributed by atoms with E-state index in [1.54, 1.807) is 12.1 Å². The van der Waals surface area contributed by atoms with Crippen LogP contribution in [0.4, 0.5) is 0 Å². The standard InChI is InChI=1S/C25H21Cl3N2O3/c26-16-3-1-14(2-4-16)22-19(18-6-5-17(27)11-21(18)28)7-9-25(20(22)12-29-24(25)32)30-23(31)15-8-10-33-13-15/h1-6,8,10-11,13,19-20,22H,7,9,12H2,(H,29,32)(H,30,31)/t19-,20-,22-,25-/m0/s1. The predicted molar refractivity (Wildman–Crippen MR) is 128 cm³/mol. The summed E-state index contributed by atoms with van der Waals surface area (Å²) >= 11 is 19.0. The van der Waals surface area contributed by atoms with Gasteiger partial charge in [-0.2, -0.15) is 0 Å². The van der Waals surface area contributed by atoms with Gasteiger partial charge in [0.15, 0.2) is 0 Å². The summed E-state index contributed by atoms with van der Waals surface area (Å²) < 4.78 is 5.06. The lowest BCUT2D eigenvalue weighted by Crippen LogP contribution is -2.60. The number of hydrogen-bond acceptors (Lipinski definition) is 3. The van der Waals surface area contributed by atoms with Gasteiger partial charge < -0.3 is 15.1 Å². The fourth-order valence-corrected chi connectivity index (χ4v) is 6.13. The minimum Gasteiger partial charge on any atom is -0.472 e. The number of carbonyl (C=O) groups is 2. The summed E-state index contributed by atoms with van der Waals surface area (Å²) in [4.78, 5) is 26.2. The Labute approximate surface area is 206 Å². The first-order chi connectivity index (χ1) is 15.9. The van der Waals surface area contributed by atoms with Crippen LogP contribution in [0.15, 0.2) is 65.5 Å². The molecule has 1 saturated carbocycles. The van der Waals surface area contributed by atoms with Crippen LogP contribution in [0, 0.1) is 5.92 Å². The maximum Gasteiger partial charge on any atom is 0.255 e. The van der Waals surface area contributed by atoms with Crippen molar-refractivity contribution in [3.8, 4) is 0 Å². The fraction of sp³-hybridized carbons (Fsp3) is 0.280. The second-order valence-corrected chi connectivity index (χ2v) is 9.92. The van der Waals surface area contributed by atoms with Crippen LogP contribution in [0.5, 0.6) is 0 Å². The second kappa shape index (κ2) is 8.71. The van der Waals surface area contributed by atoms with E-state index in [2.05, 4.69) is 10.6 Å². The van der Waals surface area contributed by atoms with Crippen LogP contribution in [-0.4, -0.2) is 23.9 Å². The van der Waals surface area contributed by atoms with E-state index in [-0.39, 0.29) is 29.6 Å². The van der Waals surface area contributed by atoms with Gasteiger partial charge in [-0.3, -0.25) is 9.59 Å². The Morgan fingerprint density at radius 2 is 1.82 bits per heavy atom. The molecular formula is C25H21Cl3N2O3. The molecule has 2 aliphatic rings. The zero-order chi connectivity index (χ0) is 23.2. The lowest BCUT2D eigenvalue weighted by Gasteiger charge is -2.46. The molecule has 2 N–H and O–H groups in total. The lowest BCUT2D eigenvalue weighted by atomic mass is 9.60. The zero-order valence-electron chi connectivity index (χ0n) is 17.5. The fourth-order valence-electron chi connectivity index (χ4n) is 5.46. The number of fused-ring (bicyclic) bond motifs is 1. The quantitative estimate of drug-likeness (QED) is 0.471. The number of rotatable bonds is 4. The summed E-state index contributed by atoms with van der Waals surface area (Å²) in [5.74, 6) is -0.731. The molecule has 0 radical (unpaired) electrons. The van der Waals surface area contributed by atoms with E-state index in [0.717, 1.165) is 11.1 Å². The Balaban J connectivity index is 1.59. The number of nitrogens with one attached hydrogen (secondary N) is 2. The number of amides is 2. The molecule has 0 spiro atoms. The highest BCUT2D eigenvalue weighted by Crippen LogP contribution is 2.54. The molecule has 0 unspecified atom stereocenters. The molecule has 3 aromatic rings. The van der Waals surface area contributed by atoms with E-state index in [4.69, 9.17) is 39.2 Å². The van der Waals surface area contributed by atoms with Crippen LogP contribution < -0.4 is 10.6 Å². The molecule has 1 aliphatic carbocycles. The first kappa shape index (κ1) is 22.3. The molecule has 4 atom stereocenters. The van der Waals surface area contributed by atoms with Gasteiger partial charge in [-0.1, -0.05) is 53.0 Å². The summed E-state index contributed by atoms with van der Waals surface area (Å²) in [6.45, 7) is 0.444. The first-order valence-corrected chi connectivity index (χ1v) is 11.9. The first-order valence-electron chi connectivity index (χ1n) is 10.7. The average Bonchev–Trinajstić information content (AvgIpc) is 3.44. The maximum absolute atomic E-state index is 13.2. The molecule has 1 aliphatic heterocycles. The smallest absolute Gasteiger partial charge is 0.255 e. The van der Waals surface area contributed by atoms with Crippen LogP contribution in [0.1, 0.15) is 46.2 Å². The maximum atomic E-state index is 13.2.